The van der Waals surface area contributed by atoms with Crippen LogP contribution in [0.1, 0.15) is 153 Å². The van der Waals surface area contributed by atoms with E-state index in [4.69, 9.17) is 48.7 Å². The quantitative estimate of drug-likeness (QED) is 0.0493. The molecule has 0 bridgehead atoms. The van der Waals surface area contributed by atoms with Crippen LogP contribution in [0, 0.1) is 13.8 Å². The maximum Gasteiger partial charge on any atom is 0.329 e. The van der Waals surface area contributed by atoms with Gasteiger partial charge in [0.05, 0.1) is 58.9 Å². The van der Waals surface area contributed by atoms with Crippen LogP contribution in [0.2, 0.25) is 5.02 Å². The van der Waals surface area contributed by atoms with E-state index >= 15 is 0 Å². The van der Waals surface area contributed by atoms with Crippen molar-refractivity contribution in [1.29, 1.82) is 0 Å². The van der Waals surface area contributed by atoms with Crippen molar-refractivity contribution in [3.63, 3.8) is 0 Å². The second-order valence-corrected chi connectivity index (χ2v) is 29.9. The fourth-order valence-corrected chi connectivity index (χ4v) is 15.9. The van der Waals surface area contributed by atoms with Crippen molar-refractivity contribution >= 4 is 94.1 Å². The van der Waals surface area contributed by atoms with Gasteiger partial charge < -0.3 is 61.6 Å². The number of carbonyl (C=O) groups is 10. The number of furan rings is 1. The highest BCUT2D eigenvalue weighted by Crippen LogP contribution is 2.34. The van der Waals surface area contributed by atoms with E-state index in [0.29, 0.717) is 105 Å². The molecule has 0 N–H and O–H groups in total. The monoisotopic (exact) mass is 1630 g/mol. The Morgan fingerprint density at radius 2 is 0.741 bits per heavy atom. The second kappa shape index (κ2) is 40.4. The first-order chi connectivity index (χ1) is 56.1. The fraction of sp³-hybridized carbons (Fsp3) is 0.318. The maximum atomic E-state index is 13.0. The number of amides is 5. The van der Waals surface area contributed by atoms with Gasteiger partial charge in [-0.2, -0.15) is 0 Å². The Hall–Kier alpha value is -11.9. The predicted molar refractivity (Wildman–Crippen MR) is 431 cm³/mol. The summed E-state index contributed by atoms with van der Waals surface area (Å²) in [6.07, 6.45) is 5.68. The number of halogens is 1. The van der Waals surface area contributed by atoms with Crippen LogP contribution in [0.25, 0.3) is 0 Å². The van der Waals surface area contributed by atoms with Crippen molar-refractivity contribution < 1.29 is 85.1 Å². The molecule has 4 aromatic heterocycles. The number of aromatic nitrogens is 2. The second-order valence-electron chi connectivity index (χ2n) is 27.3. The molecule has 5 aliphatic heterocycles. The molecule has 5 atom stereocenters. The number of fused-ring (bicyclic) bond motifs is 5. The Labute approximate surface area is 685 Å². The molecule has 604 valence electrons. The lowest BCUT2D eigenvalue weighted by atomic mass is 9.93. The first kappa shape index (κ1) is 85.0. The number of aryl methyl sites for hydroxylation is 2. The molecular formula is C88H90ClN7O18S2. The molecule has 10 aromatic rings. The largest absolute Gasteiger partial charge is 0.464 e. The Morgan fingerprint density at radius 1 is 0.397 bits per heavy atom. The molecule has 0 saturated carbocycles. The third-order valence-corrected chi connectivity index (χ3v) is 22.4. The van der Waals surface area contributed by atoms with Crippen molar-refractivity contribution in [2.75, 3.05) is 39.3 Å². The lowest BCUT2D eigenvalue weighted by molar-refractivity contribution is -0.149. The number of rotatable bonds is 16. The van der Waals surface area contributed by atoms with Crippen molar-refractivity contribution in [3.05, 3.63) is 288 Å². The lowest BCUT2D eigenvalue weighted by Gasteiger charge is -2.35. The van der Waals surface area contributed by atoms with Crippen molar-refractivity contribution in [1.82, 2.24) is 34.8 Å². The van der Waals surface area contributed by atoms with E-state index in [-0.39, 0.29) is 84.5 Å². The highest BCUT2D eigenvalue weighted by molar-refractivity contribution is 8.00. The van der Waals surface area contributed by atoms with Crippen LogP contribution < -0.4 is 0 Å². The van der Waals surface area contributed by atoms with E-state index in [1.807, 2.05) is 140 Å². The molecule has 0 saturated heterocycles. The van der Waals surface area contributed by atoms with Gasteiger partial charge in [0.15, 0.2) is 11.5 Å². The summed E-state index contributed by atoms with van der Waals surface area (Å²) in [6.45, 7) is 15.6. The molecule has 0 aliphatic carbocycles. The number of hydrogen-bond acceptors (Lipinski definition) is 22. The van der Waals surface area contributed by atoms with Crippen molar-refractivity contribution in [3.8, 4) is 0 Å². The average molecular weight is 1630 g/mol. The minimum absolute atomic E-state index is 0.104. The van der Waals surface area contributed by atoms with Crippen LogP contribution in [0.15, 0.2) is 206 Å². The zero-order chi connectivity index (χ0) is 82.5. The van der Waals surface area contributed by atoms with Gasteiger partial charge in [-0.05, 0) is 147 Å². The molecule has 0 spiro atoms. The maximum absolute atomic E-state index is 13.0. The highest BCUT2D eigenvalue weighted by Gasteiger charge is 2.42. The van der Waals surface area contributed by atoms with Crippen molar-refractivity contribution in [2.24, 2.45) is 0 Å². The van der Waals surface area contributed by atoms with Crippen LogP contribution in [-0.4, -0.2) is 164 Å². The first-order valence-electron chi connectivity index (χ1n) is 38.2. The smallest absolute Gasteiger partial charge is 0.329 e. The molecule has 6 aromatic carbocycles. The Morgan fingerprint density at radius 3 is 1.06 bits per heavy atom. The van der Waals surface area contributed by atoms with E-state index in [1.54, 1.807) is 117 Å². The summed E-state index contributed by atoms with van der Waals surface area (Å²) in [4.78, 5) is 134. The number of esters is 5. The van der Waals surface area contributed by atoms with Gasteiger partial charge in [0.2, 0.25) is 5.76 Å². The molecule has 116 heavy (non-hydrogen) atoms. The molecule has 5 aliphatic rings. The molecule has 4 unspecified atom stereocenters. The van der Waals surface area contributed by atoms with E-state index in [9.17, 15) is 47.9 Å². The summed E-state index contributed by atoms with van der Waals surface area (Å²) in [5.41, 5.74) is 11.2. The predicted octanol–water partition coefficient (Wildman–Crippen LogP) is 13.7. The van der Waals surface area contributed by atoms with Crippen LogP contribution in [0.3, 0.4) is 0 Å². The van der Waals surface area contributed by atoms with E-state index in [0.717, 1.165) is 59.8 Å². The third kappa shape index (κ3) is 20.6. The standard InChI is InChI=1S/C19H18ClNO3.C18H19NO4.C18H19NO3S2.C17H18N2O4.C16H16N2O4/c1-2-24-19(23)17-11-13-7-3-4-8-14(13)12-21(17)18(22)15-9-5-6-10-16(15)20;1-3-22-18(21)15-10-13-6-4-5-7-14(13)11-19(15)17(20)16-9-8-12(2)23-16;1-3-22-18(21)14-10-12-6-4-5-7-13(12)11-19(14)17(20)15-8-9-16(23-2)24-15;1-3-22-17(21)15-9-12-6-4-5-7-13(12)10-19(15)16(20)14-8-11(2)23-18-14;1-2-21-16(20)13-9-11-5-3-4-6-12(11)10-18(13)15(19)14-7-8-17-22-14/h3-10,17H,2,11-12H2,1H3;4-9,15H,3,10-11H2,1-2H3;4-9,14H,3,10-11H2,1-2H3;4-8,15H,3,9-10H2,1-2H3;3-8,13H,2,9-10H2,1H3/t;;14-;;/m..0../s1. The van der Waals surface area contributed by atoms with Gasteiger partial charge in [-0.1, -0.05) is 155 Å². The summed E-state index contributed by atoms with van der Waals surface area (Å²) in [6, 6.07) is 53.2. The zero-order valence-electron chi connectivity index (χ0n) is 65.6. The molecule has 9 heterocycles. The van der Waals surface area contributed by atoms with Crippen LogP contribution in [0.4, 0.5) is 0 Å². The summed E-state index contributed by atoms with van der Waals surface area (Å²) in [7, 11) is 0. The van der Waals surface area contributed by atoms with Gasteiger partial charge in [-0.15, -0.1) is 23.1 Å². The van der Waals surface area contributed by atoms with Gasteiger partial charge in [0.1, 0.15) is 41.7 Å². The normalized spacial score (nSPS) is 16.7. The van der Waals surface area contributed by atoms with Crippen LogP contribution in [0.5, 0.6) is 0 Å². The van der Waals surface area contributed by atoms with E-state index in [1.165, 1.54) is 33.4 Å². The van der Waals surface area contributed by atoms with Crippen LogP contribution >= 0.6 is 34.7 Å². The Balaban J connectivity index is 0.000000143. The zero-order valence-corrected chi connectivity index (χ0v) is 68.0. The number of hydrogen-bond donors (Lipinski definition) is 0. The molecule has 0 radical (unpaired) electrons. The summed E-state index contributed by atoms with van der Waals surface area (Å²) in [5, 5.41) is 7.70. The highest BCUT2D eigenvalue weighted by atomic mass is 35.5. The lowest BCUT2D eigenvalue weighted by Crippen LogP contribution is -2.49. The van der Waals surface area contributed by atoms with Gasteiger partial charge in [0, 0.05) is 77.0 Å². The number of thiophene rings is 1. The SMILES string of the molecule is CCOC(=O)C1Cc2ccccc2CN1C(=O)c1cc(C)on1.CCOC(=O)C1Cc2ccccc2CN1C(=O)c1ccc(C)o1.CCOC(=O)C1Cc2ccccc2CN1C(=O)c1ccccc1Cl.CCOC(=O)C1Cc2ccccc2CN1C(=O)c1ccno1.CCOC(=O)[C@@H]1Cc2ccccc2CN1C(=O)c1ccc(SC)s1. The minimum atomic E-state index is -0.646. The summed E-state index contributed by atoms with van der Waals surface area (Å²) in [5.74, 6) is -1.62. The van der Waals surface area contributed by atoms with Gasteiger partial charge >= 0.3 is 29.8 Å². The Bertz CT molecular complexity index is 5030. The topological polar surface area (TPSA) is 298 Å². The minimum Gasteiger partial charge on any atom is -0.464 e. The van der Waals surface area contributed by atoms with Crippen LogP contribution in [-0.2, 0) is 112 Å². The van der Waals surface area contributed by atoms with E-state index in [2.05, 4.69) is 10.3 Å². The average Bonchev–Trinajstić information content (AvgIpc) is 1.08. The molecule has 28 heteroatoms. The molecule has 5 amide bonds. The van der Waals surface area contributed by atoms with Gasteiger partial charge in [0.25, 0.3) is 29.5 Å². The van der Waals surface area contributed by atoms with E-state index < -0.39 is 42.1 Å². The number of benzene rings is 6. The molecule has 15 rings (SSSR count). The third-order valence-electron chi connectivity index (χ3n) is 19.9. The summed E-state index contributed by atoms with van der Waals surface area (Å²) < 4.78 is 42.2. The number of carbonyl (C=O) groups excluding carboxylic acids is 10. The summed E-state index contributed by atoms with van der Waals surface area (Å²) >= 11 is 9.24. The molecule has 0 fully saturated rings. The van der Waals surface area contributed by atoms with Crippen molar-refractivity contribution in [2.45, 2.75) is 148 Å². The van der Waals surface area contributed by atoms with Gasteiger partial charge in [-0.3, -0.25) is 24.0 Å². The number of ether oxygens (including phenoxy) is 5. The number of nitrogens with zero attached hydrogens (tertiary/aromatic N) is 7. The van der Waals surface area contributed by atoms with Gasteiger partial charge in [-0.25, -0.2) is 24.0 Å². The fourth-order valence-electron chi connectivity index (χ4n) is 14.2. The Kier molecular flexibility index (Phi) is 29.6. The number of thioether (sulfide) groups is 1. The first-order valence-corrected chi connectivity index (χ1v) is 40.6. The molecule has 25 nitrogen and oxygen atoms in total. The molecular weight excluding hydrogens is 1540 g/mol.